The third kappa shape index (κ3) is 2.25. The second-order valence-electron chi connectivity index (χ2n) is 4.13. The average molecular weight is 270 g/mol. The molecule has 18 heavy (non-hydrogen) atoms. The van der Waals surface area contributed by atoms with Gasteiger partial charge in [-0.1, -0.05) is 0 Å². The van der Waals surface area contributed by atoms with E-state index in [1.54, 1.807) is 25.2 Å². The fourth-order valence-corrected chi connectivity index (χ4v) is 2.25. The molecule has 5 heteroatoms. The Bertz CT molecular complexity index is 462. The highest BCUT2D eigenvalue weighted by molar-refractivity contribution is 6.17. The Kier molecular flexibility index (Phi) is 3.97. The van der Waals surface area contributed by atoms with Crippen molar-refractivity contribution in [3.8, 4) is 11.5 Å². The molecule has 0 N–H and O–H groups in total. The summed E-state index contributed by atoms with van der Waals surface area (Å²) in [6, 6.07) is 3.62. The monoisotopic (exact) mass is 269 g/mol. The van der Waals surface area contributed by atoms with Gasteiger partial charge in [-0.3, -0.25) is 4.79 Å². The molecule has 1 aliphatic rings. The lowest BCUT2D eigenvalue weighted by atomic mass is 10.1. The fourth-order valence-electron chi connectivity index (χ4n) is 2.13. The van der Waals surface area contributed by atoms with Crippen LogP contribution in [0, 0.1) is 0 Å². The van der Waals surface area contributed by atoms with Gasteiger partial charge in [0.25, 0.3) is 5.91 Å². The van der Waals surface area contributed by atoms with E-state index in [9.17, 15) is 4.79 Å². The average Bonchev–Trinajstić information content (AvgIpc) is 2.71. The van der Waals surface area contributed by atoms with Crippen molar-refractivity contribution >= 4 is 17.5 Å². The molecule has 1 aliphatic heterocycles. The van der Waals surface area contributed by atoms with E-state index in [1.807, 2.05) is 6.07 Å². The number of fused-ring (bicyclic) bond motifs is 1. The molecule has 0 saturated heterocycles. The summed E-state index contributed by atoms with van der Waals surface area (Å²) in [7, 11) is 3.15. The number of benzene rings is 1. The van der Waals surface area contributed by atoms with Crippen molar-refractivity contribution in [1.82, 2.24) is 4.90 Å². The van der Waals surface area contributed by atoms with Crippen molar-refractivity contribution in [2.75, 3.05) is 26.6 Å². The first-order valence-electron chi connectivity index (χ1n) is 5.81. The van der Waals surface area contributed by atoms with Gasteiger partial charge in [0.05, 0.1) is 14.2 Å². The van der Waals surface area contributed by atoms with Crippen molar-refractivity contribution < 1.29 is 14.3 Å². The molecule has 0 saturated carbocycles. The van der Waals surface area contributed by atoms with Crippen LogP contribution in [-0.4, -0.2) is 37.5 Å². The maximum atomic E-state index is 12.2. The van der Waals surface area contributed by atoms with E-state index in [0.29, 0.717) is 36.0 Å². The number of carbonyl (C=O) groups is 1. The summed E-state index contributed by atoms with van der Waals surface area (Å²) in [6.07, 6.45) is 0.801. The summed E-state index contributed by atoms with van der Waals surface area (Å²) in [4.78, 5) is 14.0. The van der Waals surface area contributed by atoms with E-state index in [2.05, 4.69) is 0 Å². The van der Waals surface area contributed by atoms with Gasteiger partial charge in [0, 0.05) is 24.5 Å². The molecule has 1 aromatic carbocycles. The van der Waals surface area contributed by atoms with Gasteiger partial charge in [-0.2, -0.15) is 0 Å². The third-order valence-corrected chi connectivity index (χ3v) is 3.32. The van der Waals surface area contributed by atoms with Crippen molar-refractivity contribution in [3.05, 3.63) is 23.3 Å². The van der Waals surface area contributed by atoms with Gasteiger partial charge in [-0.15, -0.1) is 11.6 Å². The van der Waals surface area contributed by atoms with E-state index < -0.39 is 0 Å². The number of methoxy groups -OCH3 is 2. The van der Waals surface area contributed by atoms with Crippen molar-refractivity contribution in [2.24, 2.45) is 0 Å². The zero-order valence-corrected chi connectivity index (χ0v) is 11.3. The molecular weight excluding hydrogens is 254 g/mol. The summed E-state index contributed by atoms with van der Waals surface area (Å²) in [5.41, 5.74) is 1.68. The highest BCUT2D eigenvalue weighted by Crippen LogP contribution is 2.34. The molecule has 1 heterocycles. The molecule has 2 rings (SSSR count). The maximum Gasteiger partial charge on any atom is 0.254 e. The maximum absolute atomic E-state index is 12.2. The lowest BCUT2D eigenvalue weighted by Gasteiger charge is -2.13. The minimum absolute atomic E-state index is 0.0380. The lowest BCUT2D eigenvalue weighted by molar-refractivity contribution is 0.0779. The second-order valence-corrected chi connectivity index (χ2v) is 4.51. The van der Waals surface area contributed by atoms with Crippen LogP contribution in [0.5, 0.6) is 11.5 Å². The SMILES string of the molecule is COc1cc2c(cc1OC)C(=O)N(CCCCl)C2. The molecule has 0 fully saturated rings. The number of hydrogen-bond acceptors (Lipinski definition) is 3. The Morgan fingerprint density at radius 2 is 1.94 bits per heavy atom. The van der Waals surface area contributed by atoms with Gasteiger partial charge in [-0.25, -0.2) is 0 Å². The Labute approximate surface area is 111 Å². The number of rotatable bonds is 5. The number of carbonyl (C=O) groups excluding carboxylic acids is 1. The van der Waals surface area contributed by atoms with E-state index in [0.717, 1.165) is 12.0 Å². The zero-order valence-electron chi connectivity index (χ0n) is 10.5. The number of hydrogen-bond donors (Lipinski definition) is 0. The number of ether oxygens (including phenoxy) is 2. The van der Waals surface area contributed by atoms with Crippen LogP contribution in [0.4, 0.5) is 0 Å². The summed E-state index contributed by atoms with van der Waals surface area (Å²) in [6.45, 7) is 1.30. The van der Waals surface area contributed by atoms with Gasteiger partial charge < -0.3 is 14.4 Å². The Morgan fingerprint density at radius 1 is 1.28 bits per heavy atom. The first-order chi connectivity index (χ1) is 8.71. The van der Waals surface area contributed by atoms with Crippen LogP contribution in [0.1, 0.15) is 22.3 Å². The van der Waals surface area contributed by atoms with Crippen LogP contribution in [-0.2, 0) is 6.54 Å². The Balaban J connectivity index is 2.28. The first-order valence-corrected chi connectivity index (χ1v) is 6.34. The van der Waals surface area contributed by atoms with E-state index in [1.165, 1.54) is 0 Å². The van der Waals surface area contributed by atoms with Gasteiger partial charge in [0.15, 0.2) is 11.5 Å². The first kappa shape index (κ1) is 13.0. The molecule has 0 aliphatic carbocycles. The zero-order chi connectivity index (χ0) is 13.1. The smallest absolute Gasteiger partial charge is 0.254 e. The molecule has 0 radical (unpaired) electrons. The molecule has 1 aromatic rings. The molecular formula is C13H16ClNO3. The van der Waals surface area contributed by atoms with Crippen LogP contribution in [0.25, 0.3) is 0 Å². The molecule has 0 bridgehead atoms. The molecule has 0 atom stereocenters. The number of amides is 1. The van der Waals surface area contributed by atoms with Crippen LogP contribution in [0.3, 0.4) is 0 Å². The predicted octanol–water partition coefficient (Wildman–Crippen LogP) is 2.29. The van der Waals surface area contributed by atoms with Crippen LogP contribution >= 0.6 is 11.6 Å². The standard InChI is InChI=1S/C13H16ClNO3/c1-17-11-6-9-8-15(5-3-4-14)13(16)10(9)7-12(11)18-2/h6-7H,3-5,8H2,1-2H3. The third-order valence-electron chi connectivity index (χ3n) is 3.05. The normalized spacial score (nSPS) is 13.7. The van der Waals surface area contributed by atoms with Gasteiger partial charge in [0.2, 0.25) is 0 Å². The van der Waals surface area contributed by atoms with E-state index in [4.69, 9.17) is 21.1 Å². The summed E-state index contributed by atoms with van der Waals surface area (Å²) >= 11 is 5.66. The van der Waals surface area contributed by atoms with Crippen LogP contribution < -0.4 is 9.47 Å². The van der Waals surface area contributed by atoms with Gasteiger partial charge in [-0.05, 0) is 24.1 Å². The van der Waals surface area contributed by atoms with Crippen molar-refractivity contribution in [3.63, 3.8) is 0 Å². The highest BCUT2D eigenvalue weighted by atomic mass is 35.5. The Hall–Kier alpha value is -1.42. The largest absolute Gasteiger partial charge is 0.493 e. The number of alkyl halides is 1. The summed E-state index contributed by atoms with van der Waals surface area (Å²) in [5.74, 6) is 1.84. The summed E-state index contributed by atoms with van der Waals surface area (Å²) < 4.78 is 10.4. The fraction of sp³-hybridized carbons (Fsp3) is 0.462. The molecule has 4 nitrogen and oxygen atoms in total. The quantitative estimate of drug-likeness (QED) is 0.770. The van der Waals surface area contributed by atoms with Crippen LogP contribution in [0.15, 0.2) is 12.1 Å². The van der Waals surface area contributed by atoms with Crippen molar-refractivity contribution in [2.45, 2.75) is 13.0 Å². The minimum Gasteiger partial charge on any atom is -0.493 e. The van der Waals surface area contributed by atoms with Gasteiger partial charge in [0.1, 0.15) is 0 Å². The minimum atomic E-state index is 0.0380. The number of nitrogens with zero attached hydrogens (tertiary/aromatic N) is 1. The molecule has 0 unspecified atom stereocenters. The van der Waals surface area contributed by atoms with Crippen molar-refractivity contribution in [1.29, 1.82) is 0 Å². The van der Waals surface area contributed by atoms with E-state index in [-0.39, 0.29) is 5.91 Å². The molecule has 0 aromatic heterocycles. The molecule has 98 valence electrons. The lowest BCUT2D eigenvalue weighted by Crippen LogP contribution is -2.25. The van der Waals surface area contributed by atoms with Gasteiger partial charge >= 0.3 is 0 Å². The second kappa shape index (κ2) is 5.48. The molecule has 0 spiro atoms. The van der Waals surface area contributed by atoms with E-state index >= 15 is 0 Å². The Morgan fingerprint density at radius 3 is 2.56 bits per heavy atom. The summed E-state index contributed by atoms with van der Waals surface area (Å²) in [5, 5.41) is 0. The van der Waals surface area contributed by atoms with Crippen LogP contribution in [0.2, 0.25) is 0 Å². The topological polar surface area (TPSA) is 38.8 Å². The number of halogens is 1. The highest BCUT2D eigenvalue weighted by Gasteiger charge is 2.28. The molecule has 1 amide bonds. The predicted molar refractivity (Wildman–Crippen MR) is 69.6 cm³/mol.